The minimum atomic E-state index is -0.517. The number of hydrogen-bond donors (Lipinski definition) is 1. The van der Waals surface area contributed by atoms with Gasteiger partial charge in [-0.3, -0.25) is 4.79 Å². The second kappa shape index (κ2) is 5.08. The van der Waals surface area contributed by atoms with Crippen LogP contribution in [0.5, 0.6) is 0 Å². The standard InChI is InChI=1S/C10H9FN2O2/c1-15-6-10(14)13-9-3-2-8(11)4-7(9)5-12/h2-4H,6H2,1H3,(H,13,14). The number of hydrogen-bond acceptors (Lipinski definition) is 3. The zero-order valence-corrected chi connectivity index (χ0v) is 8.08. The molecule has 0 heterocycles. The van der Waals surface area contributed by atoms with Crippen LogP contribution >= 0.6 is 0 Å². The zero-order valence-electron chi connectivity index (χ0n) is 8.08. The summed E-state index contributed by atoms with van der Waals surface area (Å²) in [6.07, 6.45) is 0. The van der Waals surface area contributed by atoms with Gasteiger partial charge in [-0.05, 0) is 18.2 Å². The Morgan fingerprint density at radius 1 is 1.67 bits per heavy atom. The highest BCUT2D eigenvalue weighted by Crippen LogP contribution is 2.15. The molecule has 0 aliphatic rings. The minimum Gasteiger partial charge on any atom is -0.375 e. The molecule has 1 amide bonds. The molecule has 0 spiro atoms. The summed E-state index contributed by atoms with van der Waals surface area (Å²) in [5, 5.41) is 11.1. The fourth-order valence-corrected chi connectivity index (χ4v) is 1.04. The molecule has 0 aliphatic carbocycles. The van der Waals surface area contributed by atoms with Crippen molar-refractivity contribution in [1.82, 2.24) is 0 Å². The Kier molecular flexibility index (Phi) is 3.77. The van der Waals surface area contributed by atoms with Gasteiger partial charge in [0.15, 0.2) is 0 Å². The van der Waals surface area contributed by atoms with E-state index < -0.39 is 5.82 Å². The molecule has 0 aliphatic heterocycles. The number of carbonyl (C=O) groups excluding carboxylic acids is 1. The van der Waals surface area contributed by atoms with Crippen LogP contribution in [-0.2, 0) is 9.53 Å². The van der Waals surface area contributed by atoms with Gasteiger partial charge in [0.1, 0.15) is 18.5 Å². The third-order valence-corrected chi connectivity index (χ3v) is 1.65. The summed E-state index contributed by atoms with van der Waals surface area (Å²) in [5.41, 5.74) is 0.361. The van der Waals surface area contributed by atoms with Gasteiger partial charge in [-0.15, -0.1) is 0 Å². The Hall–Kier alpha value is -1.93. The number of nitrogens with zero attached hydrogens (tertiary/aromatic N) is 1. The molecule has 4 nitrogen and oxygen atoms in total. The van der Waals surface area contributed by atoms with Crippen LogP contribution in [0.25, 0.3) is 0 Å². The number of nitriles is 1. The molecule has 0 bridgehead atoms. The van der Waals surface area contributed by atoms with Crippen molar-refractivity contribution in [3.8, 4) is 6.07 Å². The van der Waals surface area contributed by atoms with E-state index in [9.17, 15) is 9.18 Å². The monoisotopic (exact) mass is 208 g/mol. The van der Waals surface area contributed by atoms with Crippen molar-refractivity contribution in [3.63, 3.8) is 0 Å². The third-order valence-electron chi connectivity index (χ3n) is 1.65. The van der Waals surface area contributed by atoms with E-state index >= 15 is 0 Å². The van der Waals surface area contributed by atoms with Gasteiger partial charge in [0.05, 0.1) is 11.3 Å². The van der Waals surface area contributed by atoms with E-state index in [1.165, 1.54) is 19.2 Å². The van der Waals surface area contributed by atoms with Gasteiger partial charge in [0.25, 0.3) is 0 Å². The predicted octanol–water partition coefficient (Wildman–Crippen LogP) is 1.28. The van der Waals surface area contributed by atoms with Gasteiger partial charge in [-0.2, -0.15) is 5.26 Å². The molecule has 15 heavy (non-hydrogen) atoms. The largest absolute Gasteiger partial charge is 0.375 e. The summed E-state index contributed by atoms with van der Waals surface area (Å²) in [4.78, 5) is 11.1. The van der Waals surface area contributed by atoms with Gasteiger partial charge < -0.3 is 10.1 Å². The van der Waals surface area contributed by atoms with E-state index in [1.807, 2.05) is 0 Å². The quantitative estimate of drug-likeness (QED) is 0.813. The van der Waals surface area contributed by atoms with E-state index in [1.54, 1.807) is 6.07 Å². The smallest absolute Gasteiger partial charge is 0.250 e. The molecule has 0 radical (unpaired) electrons. The second-order valence-corrected chi connectivity index (χ2v) is 2.78. The van der Waals surface area contributed by atoms with Gasteiger partial charge in [-0.25, -0.2) is 4.39 Å². The molecule has 1 aromatic carbocycles. The van der Waals surface area contributed by atoms with E-state index in [0.717, 1.165) is 6.07 Å². The van der Waals surface area contributed by atoms with Crippen LogP contribution in [0.2, 0.25) is 0 Å². The minimum absolute atomic E-state index is 0.0828. The van der Waals surface area contributed by atoms with Crippen molar-refractivity contribution >= 4 is 11.6 Å². The highest BCUT2D eigenvalue weighted by atomic mass is 19.1. The van der Waals surface area contributed by atoms with Crippen LogP contribution in [0.15, 0.2) is 18.2 Å². The summed E-state index contributed by atoms with van der Waals surface area (Å²) >= 11 is 0. The molecular formula is C10H9FN2O2. The van der Waals surface area contributed by atoms with Crippen molar-refractivity contribution < 1.29 is 13.9 Å². The third kappa shape index (κ3) is 3.04. The van der Waals surface area contributed by atoms with Crippen molar-refractivity contribution in [2.45, 2.75) is 0 Å². The summed E-state index contributed by atoms with van der Waals surface area (Å²) in [6, 6.07) is 5.35. The Balaban J connectivity index is 2.86. The van der Waals surface area contributed by atoms with E-state index in [-0.39, 0.29) is 23.8 Å². The fraction of sp³-hybridized carbons (Fsp3) is 0.200. The first-order chi connectivity index (χ1) is 7.17. The fourth-order valence-electron chi connectivity index (χ4n) is 1.04. The summed E-state index contributed by atoms with van der Waals surface area (Å²) in [5.74, 6) is -0.906. The second-order valence-electron chi connectivity index (χ2n) is 2.78. The van der Waals surface area contributed by atoms with Crippen LogP contribution in [0.3, 0.4) is 0 Å². The molecule has 1 rings (SSSR count). The van der Waals surface area contributed by atoms with Crippen molar-refractivity contribution in [2.24, 2.45) is 0 Å². The molecule has 1 aromatic rings. The Morgan fingerprint density at radius 3 is 3.00 bits per heavy atom. The van der Waals surface area contributed by atoms with Crippen LogP contribution in [0.4, 0.5) is 10.1 Å². The van der Waals surface area contributed by atoms with E-state index in [4.69, 9.17) is 5.26 Å². The van der Waals surface area contributed by atoms with Crippen molar-refractivity contribution in [2.75, 3.05) is 19.0 Å². The highest BCUT2D eigenvalue weighted by Gasteiger charge is 2.07. The molecule has 0 saturated heterocycles. The van der Waals surface area contributed by atoms with Gasteiger partial charge in [0, 0.05) is 7.11 Å². The number of rotatable bonds is 3. The first-order valence-corrected chi connectivity index (χ1v) is 4.16. The Bertz CT molecular complexity index is 412. The molecular weight excluding hydrogens is 199 g/mol. The number of ether oxygens (including phenoxy) is 1. The molecule has 1 N–H and O–H groups in total. The summed E-state index contributed by atoms with van der Waals surface area (Å²) in [6.45, 7) is -0.109. The molecule has 5 heteroatoms. The number of nitrogens with one attached hydrogen (secondary N) is 1. The van der Waals surface area contributed by atoms with E-state index in [0.29, 0.717) is 0 Å². The SMILES string of the molecule is COCC(=O)Nc1ccc(F)cc1C#N. The highest BCUT2D eigenvalue weighted by molar-refractivity contribution is 5.92. The number of benzene rings is 1. The first-order valence-electron chi connectivity index (χ1n) is 4.16. The molecule has 0 aromatic heterocycles. The molecule has 0 saturated carbocycles. The first kappa shape index (κ1) is 11.1. The maximum absolute atomic E-state index is 12.7. The zero-order chi connectivity index (χ0) is 11.3. The average molecular weight is 208 g/mol. The van der Waals surface area contributed by atoms with Crippen LogP contribution in [0, 0.1) is 17.1 Å². The predicted molar refractivity (Wildman–Crippen MR) is 51.6 cm³/mol. The molecule has 0 atom stereocenters. The lowest BCUT2D eigenvalue weighted by atomic mass is 10.2. The molecule has 0 fully saturated rings. The number of anilines is 1. The maximum Gasteiger partial charge on any atom is 0.250 e. The molecule has 0 unspecified atom stereocenters. The van der Waals surface area contributed by atoms with E-state index in [2.05, 4.69) is 10.1 Å². The van der Waals surface area contributed by atoms with Gasteiger partial charge in [-0.1, -0.05) is 0 Å². The Labute approximate surface area is 86.3 Å². The van der Waals surface area contributed by atoms with Crippen LogP contribution in [0.1, 0.15) is 5.56 Å². The maximum atomic E-state index is 12.7. The lowest BCUT2D eigenvalue weighted by Crippen LogP contribution is -2.17. The average Bonchev–Trinajstić information content (AvgIpc) is 2.21. The summed E-state index contributed by atoms with van der Waals surface area (Å²) in [7, 11) is 1.38. The van der Waals surface area contributed by atoms with Gasteiger partial charge >= 0.3 is 0 Å². The molecule has 78 valence electrons. The van der Waals surface area contributed by atoms with Crippen molar-refractivity contribution in [3.05, 3.63) is 29.6 Å². The number of amides is 1. The van der Waals surface area contributed by atoms with Crippen LogP contribution < -0.4 is 5.32 Å². The number of halogens is 1. The lowest BCUT2D eigenvalue weighted by molar-refractivity contribution is -0.119. The summed E-state index contributed by atoms with van der Waals surface area (Å²) < 4.78 is 17.3. The van der Waals surface area contributed by atoms with Crippen LogP contribution in [-0.4, -0.2) is 19.6 Å². The number of carbonyl (C=O) groups is 1. The number of methoxy groups -OCH3 is 1. The van der Waals surface area contributed by atoms with Crippen molar-refractivity contribution in [1.29, 1.82) is 5.26 Å². The lowest BCUT2D eigenvalue weighted by Gasteiger charge is -2.05. The topological polar surface area (TPSA) is 62.1 Å². The normalized spacial score (nSPS) is 9.40. The Morgan fingerprint density at radius 2 is 2.40 bits per heavy atom. The van der Waals surface area contributed by atoms with Gasteiger partial charge in [0.2, 0.25) is 5.91 Å².